The van der Waals surface area contributed by atoms with E-state index in [1.165, 1.54) is 0 Å². The van der Waals surface area contributed by atoms with Gasteiger partial charge in [-0.15, -0.1) is 0 Å². The SMILES string of the molecule is CN(C)CC1(CNC(=O)C2CCCO2)CCOCC1. The van der Waals surface area contributed by atoms with Crippen molar-refractivity contribution in [1.29, 1.82) is 0 Å². The standard InChI is InChI=1S/C14H26N2O3/c1-16(2)11-14(5-8-18-9-6-14)10-15-13(17)12-4-3-7-19-12/h12H,3-11H2,1-2H3,(H,15,17). The van der Waals surface area contributed by atoms with Crippen LogP contribution >= 0.6 is 0 Å². The molecule has 1 atom stereocenters. The molecule has 1 unspecified atom stereocenters. The molecule has 2 fully saturated rings. The molecular weight excluding hydrogens is 244 g/mol. The Morgan fingerprint density at radius 1 is 1.32 bits per heavy atom. The first-order valence-corrected chi connectivity index (χ1v) is 7.23. The summed E-state index contributed by atoms with van der Waals surface area (Å²) in [6.07, 6.45) is 3.65. The highest BCUT2D eigenvalue weighted by Gasteiger charge is 2.34. The molecule has 2 aliphatic heterocycles. The first-order chi connectivity index (χ1) is 9.11. The van der Waals surface area contributed by atoms with Gasteiger partial charge in [0.05, 0.1) is 0 Å². The second-order valence-corrected chi connectivity index (χ2v) is 6.07. The Hall–Kier alpha value is -0.650. The summed E-state index contributed by atoms with van der Waals surface area (Å²) in [6, 6.07) is 0. The number of nitrogens with zero attached hydrogens (tertiary/aromatic N) is 1. The summed E-state index contributed by atoms with van der Waals surface area (Å²) < 4.78 is 10.9. The molecule has 5 heteroatoms. The minimum Gasteiger partial charge on any atom is -0.381 e. The number of hydrogen-bond acceptors (Lipinski definition) is 4. The third-order valence-electron chi connectivity index (χ3n) is 4.06. The van der Waals surface area contributed by atoms with Crippen LogP contribution in [0, 0.1) is 5.41 Å². The molecule has 2 aliphatic rings. The van der Waals surface area contributed by atoms with Crippen LogP contribution in [0.1, 0.15) is 25.7 Å². The summed E-state index contributed by atoms with van der Waals surface area (Å²) in [5, 5.41) is 3.09. The fourth-order valence-corrected chi connectivity index (χ4v) is 3.04. The molecule has 0 aromatic rings. The predicted molar refractivity (Wildman–Crippen MR) is 73.0 cm³/mol. The molecular formula is C14H26N2O3. The molecule has 1 N–H and O–H groups in total. The average Bonchev–Trinajstić information content (AvgIpc) is 2.90. The van der Waals surface area contributed by atoms with Gasteiger partial charge in [0.2, 0.25) is 5.91 Å². The lowest BCUT2D eigenvalue weighted by Crippen LogP contribution is -2.48. The first kappa shape index (κ1) is 14.8. The van der Waals surface area contributed by atoms with Gasteiger partial charge in [0.15, 0.2) is 0 Å². The third-order valence-corrected chi connectivity index (χ3v) is 4.06. The van der Waals surface area contributed by atoms with Crippen LogP contribution in [-0.4, -0.2) is 63.9 Å². The lowest BCUT2D eigenvalue weighted by molar-refractivity contribution is -0.131. The van der Waals surface area contributed by atoms with E-state index >= 15 is 0 Å². The van der Waals surface area contributed by atoms with Crippen LogP contribution in [0.2, 0.25) is 0 Å². The van der Waals surface area contributed by atoms with Crippen LogP contribution in [-0.2, 0) is 14.3 Å². The molecule has 0 radical (unpaired) electrons. The maximum atomic E-state index is 12.0. The summed E-state index contributed by atoms with van der Waals surface area (Å²) >= 11 is 0. The molecule has 2 rings (SSSR count). The van der Waals surface area contributed by atoms with Crippen molar-refractivity contribution in [3.05, 3.63) is 0 Å². The van der Waals surface area contributed by atoms with Gasteiger partial charge in [0.25, 0.3) is 0 Å². The Morgan fingerprint density at radius 2 is 2.05 bits per heavy atom. The number of nitrogens with one attached hydrogen (secondary N) is 1. The van der Waals surface area contributed by atoms with Crippen molar-refractivity contribution in [1.82, 2.24) is 10.2 Å². The van der Waals surface area contributed by atoms with Crippen molar-refractivity contribution in [3.63, 3.8) is 0 Å². The molecule has 0 aromatic carbocycles. The molecule has 5 nitrogen and oxygen atoms in total. The van der Waals surface area contributed by atoms with E-state index in [1.807, 2.05) is 0 Å². The van der Waals surface area contributed by atoms with E-state index in [4.69, 9.17) is 9.47 Å². The maximum absolute atomic E-state index is 12.0. The number of carbonyl (C=O) groups is 1. The number of carbonyl (C=O) groups excluding carboxylic acids is 1. The quantitative estimate of drug-likeness (QED) is 0.796. The average molecular weight is 270 g/mol. The van der Waals surface area contributed by atoms with Gasteiger partial charge in [-0.05, 0) is 39.8 Å². The zero-order chi connectivity index (χ0) is 13.7. The van der Waals surface area contributed by atoms with E-state index in [0.29, 0.717) is 0 Å². The highest BCUT2D eigenvalue weighted by molar-refractivity contribution is 5.81. The van der Waals surface area contributed by atoms with Crippen molar-refractivity contribution in [2.45, 2.75) is 31.8 Å². The van der Waals surface area contributed by atoms with E-state index < -0.39 is 0 Å². The van der Waals surface area contributed by atoms with Gasteiger partial charge < -0.3 is 19.7 Å². The molecule has 110 valence electrons. The minimum absolute atomic E-state index is 0.0575. The van der Waals surface area contributed by atoms with Crippen LogP contribution in [0.4, 0.5) is 0 Å². The zero-order valence-electron chi connectivity index (χ0n) is 12.1. The van der Waals surface area contributed by atoms with Crippen LogP contribution in [0.15, 0.2) is 0 Å². The predicted octanol–water partition coefficient (Wildman–Crippen LogP) is 0.640. The van der Waals surface area contributed by atoms with E-state index in [2.05, 4.69) is 24.3 Å². The summed E-state index contributed by atoms with van der Waals surface area (Å²) in [7, 11) is 4.16. The topological polar surface area (TPSA) is 50.8 Å². The fraction of sp³-hybridized carbons (Fsp3) is 0.929. The number of hydrogen-bond donors (Lipinski definition) is 1. The van der Waals surface area contributed by atoms with Crippen LogP contribution < -0.4 is 5.32 Å². The van der Waals surface area contributed by atoms with Crippen LogP contribution in [0.5, 0.6) is 0 Å². The third kappa shape index (κ3) is 4.16. The zero-order valence-corrected chi connectivity index (χ0v) is 12.1. The van der Waals surface area contributed by atoms with Crippen molar-refractivity contribution in [3.8, 4) is 0 Å². The van der Waals surface area contributed by atoms with Crippen molar-refractivity contribution >= 4 is 5.91 Å². The first-order valence-electron chi connectivity index (χ1n) is 7.23. The molecule has 2 heterocycles. The molecule has 2 saturated heterocycles. The summed E-state index contributed by atoms with van der Waals surface area (Å²) in [4.78, 5) is 14.2. The molecule has 19 heavy (non-hydrogen) atoms. The lowest BCUT2D eigenvalue weighted by Gasteiger charge is -2.39. The lowest BCUT2D eigenvalue weighted by atomic mass is 9.79. The Bertz CT molecular complexity index is 295. The molecule has 0 spiro atoms. The summed E-state index contributed by atoms with van der Waals surface area (Å²) in [5.74, 6) is 0.0575. The van der Waals surface area contributed by atoms with Gasteiger partial charge in [-0.3, -0.25) is 4.79 Å². The Balaban J connectivity index is 1.86. The molecule has 0 aliphatic carbocycles. The van der Waals surface area contributed by atoms with E-state index in [1.54, 1.807) is 0 Å². The number of ether oxygens (including phenoxy) is 2. The number of amides is 1. The van der Waals surface area contributed by atoms with Crippen molar-refractivity contribution in [2.24, 2.45) is 5.41 Å². The highest BCUT2D eigenvalue weighted by atomic mass is 16.5. The van der Waals surface area contributed by atoms with E-state index in [-0.39, 0.29) is 17.4 Å². The molecule has 0 bridgehead atoms. The smallest absolute Gasteiger partial charge is 0.249 e. The Morgan fingerprint density at radius 3 is 2.63 bits per heavy atom. The van der Waals surface area contributed by atoms with Gasteiger partial charge in [-0.25, -0.2) is 0 Å². The Kier molecular flexibility index (Phi) is 5.19. The van der Waals surface area contributed by atoms with E-state index in [9.17, 15) is 4.79 Å². The van der Waals surface area contributed by atoms with Gasteiger partial charge in [-0.1, -0.05) is 0 Å². The second kappa shape index (κ2) is 6.68. The van der Waals surface area contributed by atoms with Crippen LogP contribution in [0.3, 0.4) is 0 Å². The van der Waals surface area contributed by atoms with Crippen molar-refractivity contribution in [2.75, 3.05) is 47.0 Å². The fourth-order valence-electron chi connectivity index (χ4n) is 3.04. The van der Waals surface area contributed by atoms with Gasteiger partial charge in [-0.2, -0.15) is 0 Å². The highest BCUT2D eigenvalue weighted by Crippen LogP contribution is 2.30. The summed E-state index contributed by atoms with van der Waals surface area (Å²) in [5.41, 5.74) is 0.149. The van der Waals surface area contributed by atoms with Gasteiger partial charge >= 0.3 is 0 Å². The largest absolute Gasteiger partial charge is 0.381 e. The van der Waals surface area contributed by atoms with Crippen LogP contribution in [0.25, 0.3) is 0 Å². The maximum Gasteiger partial charge on any atom is 0.249 e. The molecule has 1 amide bonds. The number of rotatable bonds is 5. The van der Waals surface area contributed by atoms with Crippen molar-refractivity contribution < 1.29 is 14.3 Å². The normalized spacial score (nSPS) is 26.6. The van der Waals surface area contributed by atoms with E-state index in [0.717, 1.165) is 58.6 Å². The molecule has 0 aromatic heterocycles. The second-order valence-electron chi connectivity index (χ2n) is 6.07. The Labute approximate surface area is 115 Å². The monoisotopic (exact) mass is 270 g/mol. The molecule has 0 saturated carbocycles. The van der Waals surface area contributed by atoms with Gasteiger partial charge in [0.1, 0.15) is 6.10 Å². The summed E-state index contributed by atoms with van der Waals surface area (Å²) in [6.45, 7) is 4.03. The minimum atomic E-state index is -0.226. The van der Waals surface area contributed by atoms with Gasteiger partial charge in [0, 0.05) is 38.3 Å².